The van der Waals surface area contributed by atoms with E-state index in [-0.39, 0.29) is 0 Å². The van der Waals surface area contributed by atoms with Crippen LogP contribution in [0.1, 0.15) is 37.7 Å². The van der Waals surface area contributed by atoms with Crippen LogP contribution >= 0.6 is 11.6 Å². The molecule has 0 aliphatic carbocycles. The molecule has 1 N–H and O–H groups in total. The van der Waals surface area contributed by atoms with Crippen molar-refractivity contribution in [2.24, 2.45) is 0 Å². The van der Waals surface area contributed by atoms with Gasteiger partial charge in [-0.25, -0.2) is 4.98 Å². The van der Waals surface area contributed by atoms with Crippen molar-refractivity contribution in [1.29, 1.82) is 0 Å². The fraction of sp³-hybridized carbons (Fsp3) is 0.571. The van der Waals surface area contributed by atoms with Crippen LogP contribution < -0.4 is 15.0 Å². The molecule has 0 unspecified atom stereocenters. The lowest BCUT2D eigenvalue weighted by atomic mass is 10.0. The first-order valence-electron chi connectivity index (χ1n) is 9.99. The minimum absolute atomic E-state index is 0.315. The van der Waals surface area contributed by atoms with Gasteiger partial charge in [0.25, 0.3) is 0 Å². The number of nitrogens with one attached hydrogen (secondary N) is 1. The van der Waals surface area contributed by atoms with E-state index < -0.39 is 0 Å². The van der Waals surface area contributed by atoms with E-state index in [1.807, 2.05) is 12.1 Å². The number of nitrogens with zero attached hydrogens (tertiary/aromatic N) is 2. The van der Waals surface area contributed by atoms with E-state index in [4.69, 9.17) is 21.1 Å². The lowest BCUT2D eigenvalue weighted by molar-refractivity contribution is 0.110. The quantitative estimate of drug-likeness (QED) is 0.752. The largest absolute Gasteiger partial charge is 0.497 e. The fourth-order valence-electron chi connectivity index (χ4n) is 4.16. The highest BCUT2D eigenvalue weighted by molar-refractivity contribution is 6.31. The summed E-state index contributed by atoms with van der Waals surface area (Å²) in [5.74, 6) is 0.850. The number of fused-ring (bicyclic) bond motifs is 1. The third-order valence-electron chi connectivity index (χ3n) is 5.58. The molecule has 2 aliphatic heterocycles. The van der Waals surface area contributed by atoms with Gasteiger partial charge in [-0.3, -0.25) is 0 Å². The summed E-state index contributed by atoms with van der Waals surface area (Å²) in [6, 6.07) is 6.03. The minimum atomic E-state index is 0.315. The van der Waals surface area contributed by atoms with E-state index in [0.29, 0.717) is 17.8 Å². The van der Waals surface area contributed by atoms with Gasteiger partial charge in [0.2, 0.25) is 0 Å². The number of anilines is 1. The zero-order valence-electron chi connectivity index (χ0n) is 16.0. The van der Waals surface area contributed by atoms with Crippen LogP contribution in [-0.4, -0.2) is 44.4 Å². The number of aromatic nitrogens is 1. The van der Waals surface area contributed by atoms with Crippen molar-refractivity contribution in [2.75, 3.05) is 38.3 Å². The summed E-state index contributed by atoms with van der Waals surface area (Å²) >= 11 is 6.66. The maximum absolute atomic E-state index is 6.66. The molecule has 0 amide bonds. The average Bonchev–Trinajstić information content (AvgIpc) is 3.22. The first-order valence-corrected chi connectivity index (χ1v) is 10.4. The van der Waals surface area contributed by atoms with Crippen LogP contribution in [0, 0.1) is 0 Å². The minimum Gasteiger partial charge on any atom is -0.497 e. The monoisotopic (exact) mass is 389 g/mol. The van der Waals surface area contributed by atoms with E-state index in [2.05, 4.69) is 21.3 Å². The fourth-order valence-corrected chi connectivity index (χ4v) is 4.41. The van der Waals surface area contributed by atoms with Gasteiger partial charge in [-0.15, -0.1) is 0 Å². The van der Waals surface area contributed by atoms with Crippen LogP contribution in [-0.2, 0) is 11.3 Å². The Balaban J connectivity index is 1.69. The number of hydrogen-bond donors (Lipinski definition) is 1. The van der Waals surface area contributed by atoms with E-state index in [1.54, 1.807) is 7.11 Å². The maximum Gasteiger partial charge on any atom is 0.136 e. The summed E-state index contributed by atoms with van der Waals surface area (Å²) < 4.78 is 11.2. The zero-order valence-corrected chi connectivity index (χ0v) is 16.7. The molecule has 0 radical (unpaired) electrons. The van der Waals surface area contributed by atoms with Crippen molar-refractivity contribution in [3.8, 4) is 5.75 Å². The Kier molecular flexibility index (Phi) is 6.01. The molecule has 1 aromatic carbocycles. The SMILES string of the molecule is COc1ccc2nc(Cl)c(CNC[C@H]3CCCO3)c(N3CCCCC3)c2c1. The Morgan fingerprint density at radius 1 is 1.26 bits per heavy atom. The van der Waals surface area contributed by atoms with Crippen molar-refractivity contribution in [1.82, 2.24) is 10.3 Å². The smallest absolute Gasteiger partial charge is 0.136 e. The van der Waals surface area contributed by atoms with Crippen LogP contribution in [0.15, 0.2) is 18.2 Å². The molecular weight excluding hydrogens is 362 g/mol. The summed E-state index contributed by atoms with van der Waals surface area (Å²) in [6.45, 7) is 4.55. The number of hydrogen-bond acceptors (Lipinski definition) is 5. The topological polar surface area (TPSA) is 46.6 Å². The molecule has 3 heterocycles. The van der Waals surface area contributed by atoms with Gasteiger partial charge in [0, 0.05) is 43.7 Å². The first-order chi connectivity index (χ1) is 13.3. The highest BCUT2D eigenvalue weighted by Crippen LogP contribution is 2.37. The van der Waals surface area contributed by atoms with Gasteiger partial charge in [0.15, 0.2) is 0 Å². The van der Waals surface area contributed by atoms with E-state index in [1.165, 1.54) is 24.9 Å². The molecule has 1 atom stereocenters. The zero-order chi connectivity index (χ0) is 18.6. The van der Waals surface area contributed by atoms with Gasteiger partial charge in [0.05, 0.1) is 24.4 Å². The lowest BCUT2D eigenvalue weighted by Crippen LogP contribution is -2.32. The number of methoxy groups -OCH3 is 1. The summed E-state index contributed by atoms with van der Waals surface area (Å²) in [7, 11) is 1.70. The Hall–Kier alpha value is -1.56. The molecule has 0 spiro atoms. The van der Waals surface area contributed by atoms with Crippen LogP contribution in [0.2, 0.25) is 5.15 Å². The highest BCUT2D eigenvalue weighted by Gasteiger charge is 2.22. The van der Waals surface area contributed by atoms with Gasteiger partial charge in [-0.05, 0) is 50.3 Å². The first kappa shape index (κ1) is 18.8. The summed E-state index contributed by atoms with van der Waals surface area (Å²) in [5.41, 5.74) is 3.21. The standard InChI is InChI=1S/C21H28ClN3O2/c1-26-15-7-8-19-17(12-15)20(25-9-3-2-4-10-25)18(21(22)24-19)14-23-13-16-6-5-11-27-16/h7-8,12,16,23H,2-6,9-11,13-14H2,1H3/t16-/m1/s1. The molecular formula is C21H28ClN3O2. The predicted molar refractivity (Wildman–Crippen MR) is 110 cm³/mol. The van der Waals surface area contributed by atoms with Crippen molar-refractivity contribution < 1.29 is 9.47 Å². The molecule has 2 fully saturated rings. The Bertz CT molecular complexity index is 787. The van der Waals surface area contributed by atoms with E-state index in [0.717, 1.165) is 61.3 Å². The van der Waals surface area contributed by atoms with Gasteiger partial charge >= 0.3 is 0 Å². The molecule has 2 aliphatic rings. The number of benzene rings is 1. The molecule has 0 bridgehead atoms. The average molecular weight is 390 g/mol. The van der Waals surface area contributed by atoms with Crippen LogP contribution in [0.4, 0.5) is 5.69 Å². The number of pyridine rings is 1. The van der Waals surface area contributed by atoms with Crippen molar-refractivity contribution in [3.63, 3.8) is 0 Å². The highest BCUT2D eigenvalue weighted by atomic mass is 35.5. The molecule has 27 heavy (non-hydrogen) atoms. The third-order valence-corrected chi connectivity index (χ3v) is 5.90. The number of ether oxygens (including phenoxy) is 2. The van der Waals surface area contributed by atoms with Gasteiger partial charge in [-0.2, -0.15) is 0 Å². The molecule has 0 saturated carbocycles. The van der Waals surface area contributed by atoms with Crippen LogP contribution in [0.3, 0.4) is 0 Å². The van der Waals surface area contributed by atoms with E-state index >= 15 is 0 Å². The maximum atomic E-state index is 6.66. The lowest BCUT2D eigenvalue weighted by Gasteiger charge is -2.32. The Morgan fingerprint density at radius 2 is 2.11 bits per heavy atom. The van der Waals surface area contributed by atoms with Gasteiger partial charge in [0.1, 0.15) is 10.9 Å². The van der Waals surface area contributed by atoms with E-state index in [9.17, 15) is 0 Å². The van der Waals surface area contributed by atoms with Crippen molar-refractivity contribution in [2.45, 2.75) is 44.8 Å². The predicted octanol–water partition coefficient (Wildman–Crippen LogP) is 4.16. The Morgan fingerprint density at radius 3 is 2.85 bits per heavy atom. The Labute approximate surface area is 166 Å². The molecule has 2 aromatic rings. The second-order valence-electron chi connectivity index (χ2n) is 7.43. The molecule has 5 nitrogen and oxygen atoms in total. The third kappa shape index (κ3) is 4.15. The normalized spacial score (nSPS) is 20.4. The van der Waals surface area contributed by atoms with Crippen LogP contribution in [0.5, 0.6) is 5.75 Å². The molecule has 4 rings (SSSR count). The summed E-state index contributed by atoms with van der Waals surface area (Å²) in [5, 5.41) is 5.26. The van der Waals surface area contributed by atoms with Gasteiger partial charge < -0.3 is 19.7 Å². The number of piperidine rings is 1. The summed E-state index contributed by atoms with van der Waals surface area (Å²) in [6.07, 6.45) is 6.33. The second kappa shape index (κ2) is 8.63. The van der Waals surface area contributed by atoms with Gasteiger partial charge in [-0.1, -0.05) is 11.6 Å². The number of halogens is 1. The summed E-state index contributed by atoms with van der Waals surface area (Å²) in [4.78, 5) is 7.14. The molecule has 1 aromatic heterocycles. The van der Waals surface area contributed by atoms with Crippen LogP contribution in [0.25, 0.3) is 10.9 Å². The van der Waals surface area contributed by atoms with Crippen molar-refractivity contribution >= 4 is 28.2 Å². The second-order valence-corrected chi connectivity index (χ2v) is 7.78. The molecule has 146 valence electrons. The molecule has 2 saturated heterocycles. The molecule has 6 heteroatoms. The number of rotatable bonds is 6. The van der Waals surface area contributed by atoms with Crippen molar-refractivity contribution in [3.05, 3.63) is 28.9 Å².